The summed E-state index contributed by atoms with van der Waals surface area (Å²) in [6.07, 6.45) is -2.27. The number of hydrogen-bond acceptors (Lipinski definition) is 7. The molecule has 3 rings (SSSR count). The summed E-state index contributed by atoms with van der Waals surface area (Å²) in [6.45, 7) is 12.3. The molecular formula is C19H30Cl3NO6. The molecule has 29 heavy (non-hydrogen) atoms. The summed E-state index contributed by atoms with van der Waals surface area (Å²) in [7, 11) is 0. The van der Waals surface area contributed by atoms with E-state index >= 15 is 0 Å². The molecule has 3 aliphatic rings. The van der Waals surface area contributed by atoms with Gasteiger partial charge in [0.25, 0.3) is 3.79 Å². The van der Waals surface area contributed by atoms with Gasteiger partial charge in [-0.1, -0.05) is 55.6 Å². The van der Waals surface area contributed by atoms with Crippen molar-refractivity contribution in [3.8, 4) is 0 Å². The van der Waals surface area contributed by atoms with Crippen LogP contribution in [0.25, 0.3) is 0 Å². The number of halogens is 3. The lowest BCUT2D eigenvalue weighted by Gasteiger charge is -2.46. The van der Waals surface area contributed by atoms with Crippen LogP contribution in [0, 0.1) is 23.2 Å². The van der Waals surface area contributed by atoms with Crippen molar-refractivity contribution >= 4 is 40.7 Å². The van der Waals surface area contributed by atoms with Crippen LogP contribution in [0.5, 0.6) is 0 Å². The van der Waals surface area contributed by atoms with Crippen molar-refractivity contribution in [1.29, 1.82) is 5.41 Å². The molecule has 10 heteroatoms. The van der Waals surface area contributed by atoms with E-state index in [2.05, 4.69) is 6.92 Å². The van der Waals surface area contributed by atoms with E-state index in [0.717, 1.165) is 0 Å². The predicted molar refractivity (Wildman–Crippen MR) is 109 cm³/mol. The van der Waals surface area contributed by atoms with E-state index in [1.807, 2.05) is 34.6 Å². The van der Waals surface area contributed by atoms with Crippen molar-refractivity contribution in [3.05, 3.63) is 0 Å². The van der Waals surface area contributed by atoms with E-state index in [1.165, 1.54) is 0 Å². The van der Waals surface area contributed by atoms with Crippen LogP contribution < -0.4 is 0 Å². The summed E-state index contributed by atoms with van der Waals surface area (Å²) in [5.74, 6) is -1.18. The quantitative estimate of drug-likeness (QED) is 0.374. The van der Waals surface area contributed by atoms with Gasteiger partial charge >= 0.3 is 0 Å². The number of hydrogen-bond donors (Lipinski definition) is 1. The Bertz CT molecular complexity index is 615. The summed E-state index contributed by atoms with van der Waals surface area (Å²) in [5.41, 5.74) is 0. The van der Waals surface area contributed by atoms with Crippen LogP contribution in [0.3, 0.4) is 0 Å². The van der Waals surface area contributed by atoms with Gasteiger partial charge in [-0.15, -0.1) is 0 Å². The minimum atomic E-state index is -1.96. The zero-order chi connectivity index (χ0) is 21.7. The summed E-state index contributed by atoms with van der Waals surface area (Å²) < 4.78 is 34.1. The van der Waals surface area contributed by atoms with Gasteiger partial charge in [0.2, 0.25) is 12.2 Å². The van der Waals surface area contributed by atoms with Gasteiger partial charge in [0, 0.05) is 17.8 Å². The summed E-state index contributed by atoms with van der Waals surface area (Å²) in [4.78, 5) is 0. The average Bonchev–Trinajstić information content (AvgIpc) is 2.93. The summed E-state index contributed by atoms with van der Waals surface area (Å²) in [5, 5.41) is 7.86. The molecule has 0 amide bonds. The van der Waals surface area contributed by atoms with Crippen LogP contribution in [0.2, 0.25) is 0 Å². The van der Waals surface area contributed by atoms with Crippen molar-refractivity contribution < 1.29 is 28.4 Å². The third-order valence-electron chi connectivity index (χ3n) is 5.85. The molecule has 9 atom stereocenters. The first-order valence-electron chi connectivity index (χ1n) is 9.90. The second-order valence-electron chi connectivity index (χ2n) is 8.72. The highest BCUT2D eigenvalue weighted by molar-refractivity contribution is 6.76. The molecule has 0 saturated carbocycles. The molecule has 0 aromatic rings. The van der Waals surface area contributed by atoms with Gasteiger partial charge in [-0.2, -0.15) is 0 Å². The van der Waals surface area contributed by atoms with Crippen molar-refractivity contribution in [2.75, 3.05) is 6.61 Å². The Labute approximate surface area is 187 Å². The molecule has 0 radical (unpaired) electrons. The number of ether oxygens (including phenoxy) is 6. The van der Waals surface area contributed by atoms with E-state index in [4.69, 9.17) is 68.6 Å². The monoisotopic (exact) mass is 473 g/mol. The molecule has 0 aliphatic carbocycles. The van der Waals surface area contributed by atoms with Crippen LogP contribution in [-0.2, 0) is 28.4 Å². The topological polar surface area (TPSA) is 79.2 Å². The fourth-order valence-electron chi connectivity index (χ4n) is 4.10. The van der Waals surface area contributed by atoms with Crippen molar-refractivity contribution in [2.45, 2.75) is 88.1 Å². The average molecular weight is 475 g/mol. The number of alkyl halides is 3. The largest absolute Gasteiger partial charge is 0.448 e. The van der Waals surface area contributed by atoms with Gasteiger partial charge in [-0.05, 0) is 20.8 Å². The third kappa shape index (κ3) is 5.14. The standard InChI is InChI=1S/C19H30Cl3NO6/c1-8-7-24-16(14-12(8)28-18(5,6)29-14)26-13-9(2)11(4)25-15(10(13)3)27-17(23)19(20,21)22/h8-16,23H,7H2,1-6H3/t8-,9-,10+,11?,12?,13?,14+,15-,16-/m1/s1. The third-order valence-corrected chi connectivity index (χ3v) is 6.37. The van der Waals surface area contributed by atoms with Crippen molar-refractivity contribution in [3.63, 3.8) is 0 Å². The van der Waals surface area contributed by atoms with E-state index in [1.54, 1.807) is 0 Å². The highest BCUT2D eigenvalue weighted by Crippen LogP contribution is 2.41. The first kappa shape index (κ1) is 23.8. The molecule has 0 spiro atoms. The smallest absolute Gasteiger partial charge is 0.265 e. The maximum atomic E-state index is 7.86. The predicted octanol–water partition coefficient (Wildman–Crippen LogP) is 4.27. The molecule has 3 heterocycles. The normalized spacial score (nSPS) is 44.9. The lowest BCUT2D eigenvalue weighted by atomic mass is 9.86. The molecule has 0 bridgehead atoms. The zero-order valence-electron chi connectivity index (χ0n) is 17.5. The SMILES string of the molecule is CC1O[C@H](OC(=N)C(Cl)(Cl)Cl)[C@@H](C)C(O[C@H]2OC[C@@H](C)C3OC(C)(C)O[C@@H]32)[C@@H]1C. The second kappa shape index (κ2) is 8.58. The van der Waals surface area contributed by atoms with Gasteiger partial charge in [-0.3, -0.25) is 5.41 Å². The Morgan fingerprint density at radius 2 is 1.62 bits per heavy atom. The van der Waals surface area contributed by atoms with Crippen molar-refractivity contribution in [1.82, 2.24) is 0 Å². The van der Waals surface area contributed by atoms with Gasteiger partial charge < -0.3 is 28.4 Å². The highest BCUT2D eigenvalue weighted by atomic mass is 35.6. The number of rotatable bonds is 3. The highest BCUT2D eigenvalue weighted by Gasteiger charge is 2.53. The van der Waals surface area contributed by atoms with Crippen molar-refractivity contribution in [2.24, 2.45) is 17.8 Å². The fourth-order valence-corrected chi connectivity index (χ4v) is 4.24. The van der Waals surface area contributed by atoms with Crippen LogP contribution in [-0.4, -0.2) is 59.1 Å². The molecule has 0 aromatic heterocycles. The molecule has 0 aromatic carbocycles. The molecular weight excluding hydrogens is 445 g/mol. The molecule has 168 valence electrons. The molecule has 7 nitrogen and oxygen atoms in total. The summed E-state index contributed by atoms with van der Waals surface area (Å²) in [6, 6.07) is 0. The van der Waals surface area contributed by atoms with E-state index in [0.29, 0.717) is 6.61 Å². The summed E-state index contributed by atoms with van der Waals surface area (Å²) >= 11 is 17.3. The molecule has 3 fully saturated rings. The Kier molecular flexibility index (Phi) is 7.04. The Morgan fingerprint density at radius 1 is 1.00 bits per heavy atom. The maximum Gasteiger partial charge on any atom is 0.265 e. The second-order valence-corrected chi connectivity index (χ2v) is 11.0. The first-order chi connectivity index (χ1) is 13.3. The Hall–Kier alpha value is 0.140. The molecule has 1 N–H and O–H groups in total. The maximum absolute atomic E-state index is 7.86. The van der Waals surface area contributed by atoms with E-state index in [9.17, 15) is 0 Å². The number of fused-ring (bicyclic) bond motifs is 1. The van der Waals surface area contributed by atoms with Gasteiger partial charge in [0.15, 0.2) is 12.1 Å². The Morgan fingerprint density at radius 3 is 2.24 bits per heavy atom. The van der Waals surface area contributed by atoms with E-state index < -0.39 is 28.1 Å². The first-order valence-corrected chi connectivity index (χ1v) is 11.0. The fraction of sp³-hybridized carbons (Fsp3) is 0.947. The molecule has 3 aliphatic heterocycles. The van der Waals surface area contributed by atoms with Crippen LogP contribution in [0.4, 0.5) is 0 Å². The van der Waals surface area contributed by atoms with Crippen LogP contribution in [0.1, 0.15) is 41.5 Å². The minimum absolute atomic E-state index is 0.0449. The van der Waals surface area contributed by atoms with Gasteiger partial charge in [0.1, 0.15) is 6.10 Å². The van der Waals surface area contributed by atoms with Crippen LogP contribution >= 0.6 is 34.8 Å². The Balaban J connectivity index is 1.73. The zero-order valence-corrected chi connectivity index (χ0v) is 19.8. The van der Waals surface area contributed by atoms with E-state index in [-0.39, 0.29) is 42.2 Å². The van der Waals surface area contributed by atoms with Gasteiger partial charge in [-0.25, -0.2) is 0 Å². The lowest BCUT2D eigenvalue weighted by molar-refractivity contribution is -0.305. The number of nitrogens with one attached hydrogen (secondary N) is 1. The van der Waals surface area contributed by atoms with Gasteiger partial charge in [0.05, 0.1) is 24.9 Å². The lowest BCUT2D eigenvalue weighted by Crippen LogP contribution is -2.56. The minimum Gasteiger partial charge on any atom is -0.448 e. The molecule has 3 unspecified atom stereocenters. The van der Waals surface area contributed by atoms with Crippen LogP contribution in [0.15, 0.2) is 0 Å². The molecule has 3 saturated heterocycles.